The molecular weight excluding hydrogens is 519 g/mol. The van der Waals surface area contributed by atoms with Crippen LogP contribution in [0.1, 0.15) is 80.2 Å². The molecule has 2 fully saturated rings. The van der Waals surface area contributed by atoms with E-state index < -0.39 is 11.9 Å². The summed E-state index contributed by atoms with van der Waals surface area (Å²) in [6.45, 7) is 5.84. The highest BCUT2D eigenvalue weighted by Gasteiger charge is 2.39. The van der Waals surface area contributed by atoms with Gasteiger partial charge in [0.2, 0.25) is 5.88 Å². The number of fused-ring (bicyclic) bond motifs is 1. The second kappa shape index (κ2) is 11.4. The third kappa shape index (κ3) is 5.69. The largest absolute Gasteiger partial charge is 0.485 e. The molecule has 1 aromatic heterocycles. The van der Waals surface area contributed by atoms with Crippen LogP contribution in [0.2, 0.25) is 0 Å². The van der Waals surface area contributed by atoms with Crippen molar-refractivity contribution in [1.29, 1.82) is 0 Å². The highest BCUT2D eigenvalue weighted by atomic mass is 19.1. The summed E-state index contributed by atoms with van der Waals surface area (Å²) >= 11 is 0. The molecule has 1 N–H and O–H groups in total. The molecule has 6 rings (SSSR count). The summed E-state index contributed by atoms with van der Waals surface area (Å²) in [5.41, 5.74) is 5.70. The summed E-state index contributed by atoms with van der Waals surface area (Å²) < 4.78 is 27.0. The predicted molar refractivity (Wildman–Crippen MR) is 156 cm³/mol. The number of aromatic nitrogens is 1. The van der Waals surface area contributed by atoms with Crippen LogP contribution in [-0.4, -0.2) is 40.7 Å². The van der Waals surface area contributed by atoms with Gasteiger partial charge in [0.15, 0.2) is 0 Å². The summed E-state index contributed by atoms with van der Waals surface area (Å²) in [5.74, 6) is 0.111. The van der Waals surface area contributed by atoms with E-state index in [1.54, 1.807) is 13.2 Å². The van der Waals surface area contributed by atoms with Crippen LogP contribution in [0, 0.1) is 17.7 Å². The minimum Gasteiger partial charge on any atom is -0.485 e. The molecule has 216 valence electrons. The Hall–Kier alpha value is -3.45. The number of halogens is 1. The zero-order chi connectivity index (χ0) is 28.7. The Kier molecular flexibility index (Phi) is 7.73. The minimum atomic E-state index is -0.749. The lowest BCUT2D eigenvalue weighted by atomic mass is 9.82. The van der Waals surface area contributed by atoms with E-state index >= 15 is 4.39 Å². The minimum absolute atomic E-state index is 0.00219. The lowest BCUT2D eigenvalue weighted by Crippen LogP contribution is -2.26. The summed E-state index contributed by atoms with van der Waals surface area (Å²) in [7, 11) is 1.54. The number of carbonyl (C=O) groups is 1. The molecule has 1 saturated carbocycles. The fourth-order valence-corrected chi connectivity index (χ4v) is 6.80. The third-order valence-electron chi connectivity index (χ3n) is 9.37. The van der Waals surface area contributed by atoms with Gasteiger partial charge in [0.05, 0.1) is 19.2 Å². The van der Waals surface area contributed by atoms with Gasteiger partial charge in [0, 0.05) is 24.2 Å². The van der Waals surface area contributed by atoms with Crippen molar-refractivity contribution in [2.75, 3.05) is 13.7 Å². The van der Waals surface area contributed by atoms with Crippen molar-refractivity contribution in [2.45, 2.75) is 77.0 Å². The Morgan fingerprint density at radius 2 is 1.98 bits per heavy atom. The topological polar surface area (TPSA) is 71.9 Å². The third-order valence-corrected chi connectivity index (χ3v) is 9.37. The molecule has 0 bridgehead atoms. The van der Waals surface area contributed by atoms with E-state index in [1.165, 1.54) is 19.0 Å². The first kappa shape index (κ1) is 27.7. The van der Waals surface area contributed by atoms with E-state index in [4.69, 9.17) is 9.47 Å². The van der Waals surface area contributed by atoms with Crippen LogP contribution in [0.3, 0.4) is 0 Å². The maximum absolute atomic E-state index is 15.1. The smallest absolute Gasteiger partial charge is 0.306 e. The van der Waals surface area contributed by atoms with Crippen molar-refractivity contribution >= 4 is 5.97 Å². The first-order chi connectivity index (χ1) is 19.8. The molecule has 0 radical (unpaired) electrons. The van der Waals surface area contributed by atoms with Gasteiger partial charge in [-0.05, 0) is 97.7 Å². The van der Waals surface area contributed by atoms with Gasteiger partial charge in [-0.2, -0.15) is 0 Å². The number of ether oxygens (including phenoxy) is 2. The molecule has 7 heteroatoms. The molecule has 0 amide bonds. The number of rotatable bonds is 9. The van der Waals surface area contributed by atoms with Crippen LogP contribution in [0.4, 0.5) is 4.39 Å². The normalized spacial score (nSPS) is 22.0. The Labute approximate surface area is 241 Å². The highest BCUT2D eigenvalue weighted by Crippen LogP contribution is 2.48. The van der Waals surface area contributed by atoms with Gasteiger partial charge >= 0.3 is 5.97 Å². The number of pyridine rings is 1. The number of methoxy groups -OCH3 is 1. The summed E-state index contributed by atoms with van der Waals surface area (Å²) in [5, 5.41) is 9.75. The van der Waals surface area contributed by atoms with Gasteiger partial charge in [-0.25, -0.2) is 9.37 Å². The van der Waals surface area contributed by atoms with Gasteiger partial charge in [0.1, 0.15) is 17.7 Å². The van der Waals surface area contributed by atoms with E-state index in [2.05, 4.69) is 47.1 Å². The standard InChI is InChI=1S/C34H39FN2O4/c1-20-5-4-14-37(20)19-26-15-24(10-12-27(26)28-17-32(40-3)36-18-29(28)35)30-13-11-22-6-9-25(16-31(22)41-30)33(23-7-8-23)21(2)34(38)39/h6,9-10,12,15-18,20-21,23,30,33H,4-5,7-8,11,13-14,19H2,1-3H3,(H,38,39)/t20-,21+,30+,33?/m1/s1. The van der Waals surface area contributed by atoms with Crippen LogP contribution in [0.25, 0.3) is 11.1 Å². The SMILES string of the molecule is COc1cc(-c2ccc([C@@H]3CCc4ccc(C(C5CC5)[C@H](C)C(=O)O)cc4O3)cc2CN2CCC[C@H]2C)c(F)cn1. The molecule has 0 spiro atoms. The maximum atomic E-state index is 15.1. The molecule has 4 atom stereocenters. The summed E-state index contributed by atoms with van der Waals surface area (Å²) in [4.78, 5) is 18.4. The van der Waals surface area contributed by atoms with E-state index in [0.29, 0.717) is 23.4 Å². The zero-order valence-corrected chi connectivity index (χ0v) is 24.1. The lowest BCUT2D eigenvalue weighted by molar-refractivity contribution is -0.142. The second-order valence-corrected chi connectivity index (χ2v) is 12.1. The number of nitrogens with zero attached hydrogens (tertiary/aromatic N) is 2. The molecule has 2 aliphatic heterocycles. The van der Waals surface area contributed by atoms with Crippen LogP contribution >= 0.6 is 0 Å². The lowest BCUT2D eigenvalue weighted by Gasteiger charge is -2.30. The average molecular weight is 559 g/mol. The van der Waals surface area contributed by atoms with Crippen LogP contribution < -0.4 is 9.47 Å². The Bertz CT molecular complexity index is 1440. The monoisotopic (exact) mass is 558 g/mol. The van der Waals surface area contributed by atoms with E-state index in [1.807, 2.05) is 13.0 Å². The van der Waals surface area contributed by atoms with Gasteiger partial charge in [-0.15, -0.1) is 0 Å². The van der Waals surface area contributed by atoms with Gasteiger partial charge in [0.25, 0.3) is 0 Å². The molecular formula is C34H39FN2O4. The molecule has 3 aromatic rings. The number of benzene rings is 2. The van der Waals surface area contributed by atoms with Gasteiger partial charge in [-0.3, -0.25) is 9.69 Å². The number of hydrogen-bond donors (Lipinski definition) is 1. The quantitative estimate of drug-likeness (QED) is 0.300. The average Bonchev–Trinajstić information content (AvgIpc) is 3.73. The molecule has 1 unspecified atom stereocenters. The molecule has 1 saturated heterocycles. The van der Waals surface area contributed by atoms with Crippen molar-refractivity contribution in [3.8, 4) is 22.8 Å². The summed E-state index contributed by atoms with van der Waals surface area (Å²) in [6, 6.07) is 14.7. The van der Waals surface area contributed by atoms with Crippen molar-refractivity contribution in [3.63, 3.8) is 0 Å². The molecule has 41 heavy (non-hydrogen) atoms. The van der Waals surface area contributed by atoms with Gasteiger partial charge < -0.3 is 14.6 Å². The van der Waals surface area contributed by atoms with Crippen molar-refractivity contribution in [2.24, 2.45) is 11.8 Å². The van der Waals surface area contributed by atoms with E-state index in [0.717, 1.165) is 72.3 Å². The van der Waals surface area contributed by atoms with Gasteiger partial charge in [-0.1, -0.05) is 37.3 Å². The Morgan fingerprint density at radius 3 is 2.68 bits per heavy atom. The fraction of sp³-hybridized carbons (Fsp3) is 0.471. The molecule has 3 heterocycles. The predicted octanol–water partition coefficient (Wildman–Crippen LogP) is 7.16. The van der Waals surface area contributed by atoms with Crippen molar-refractivity contribution < 1.29 is 23.8 Å². The fourth-order valence-electron chi connectivity index (χ4n) is 6.80. The molecule has 2 aromatic carbocycles. The molecule has 1 aliphatic carbocycles. The number of carboxylic acids is 1. The van der Waals surface area contributed by atoms with Crippen molar-refractivity contribution in [1.82, 2.24) is 9.88 Å². The molecule has 3 aliphatic rings. The number of aryl methyl sites for hydroxylation is 1. The number of aliphatic carboxylic acids is 1. The van der Waals surface area contributed by atoms with E-state index in [-0.39, 0.29) is 17.8 Å². The van der Waals surface area contributed by atoms with E-state index in [9.17, 15) is 9.90 Å². The first-order valence-corrected chi connectivity index (χ1v) is 14.9. The number of carboxylic acid groups (broad SMARTS) is 1. The Balaban J connectivity index is 1.32. The molecule has 6 nitrogen and oxygen atoms in total. The zero-order valence-electron chi connectivity index (χ0n) is 24.1. The number of hydrogen-bond acceptors (Lipinski definition) is 5. The van der Waals surface area contributed by atoms with Crippen LogP contribution in [-0.2, 0) is 17.8 Å². The maximum Gasteiger partial charge on any atom is 0.306 e. The summed E-state index contributed by atoms with van der Waals surface area (Å²) in [6.07, 6.45) is 7.33. The number of likely N-dealkylation sites (tertiary alicyclic amines) is 1. The highest BCUT2D eigenvalue weighted by molar-refractivity contribution is 5.71. The van der Waals surface area contributed by atoms with Crippen LogP contribution in [0.15, 0.2) is 48.7 Å². The second-order valence-electron chi connectivity index (χ2n) is 12.1. The van der Waals surface area contributed by atoms with Crippen molar-refractivity contribution in [3.05, 3.63) is 76.7 Å². The van der Waals surface area contributed by atoms with Crippen LogP contribution in [0.5, 0.6) is 11.6 Å². The Morgan fingerprint density at radius 1 is 1.15 bits per heavy atom. The first-order valence-electron chi connectivity index (χ1n) is 14.9.